The van der Waals surface area contributed by atoms with Crippen molar-refractivity contribution in [3.8, 4) is 0 Å². The summed E-state index contributed by atoms with van der Waals surface area (Å²) < 4.78 is 5.62. The molecule has 1 saturated heterocycles. The Balaban J connectivity index is 1.66. The van der Waals surface area contributed by atoms with E-state index in [-0.39, 0.29) is 18.2 Å². The van der Waals surface area contributed by atoms with Crippen molar-refractivity contribution in [3.63, 3.8) is 0 Å². The Morgan fingerprint density at radius 3 is 2.84 bits per heavy atom. The van der Waals surface area contributed by atoms with Crippen molar-refractivity contribution < 1.29 is 9.53 Å². The van der Waals surface area contributed by atoms with Gasteiger partial charge in [0, 0.05) is 23.8 Å². The Labute approximate surface area is 148 Å². The van der Waals surface area contributed by atoms with Crippen LogP contribution < -0.4 is 0 Å². The van der Waals surface area contributed by atoms with Crippen LogP contribution in [-0.4, -0.2) is 33.7 Å². The second kappa shape index (κ2) is 5.87. The highest BCUT2D eigenvalue weighted by Gasteiger charge is 2.41. The van der Waals surface area contributed by atoms with Gasteiger partial charge in [-0.15, -0.1) is 0 Å². The van der Waals surface area contributed by atoms with E-state index in [2.05, 4.69) is 35.3 Å². The van der Waals surface area contributed by atoms with Crippen LogP contribution in [0.5, 0.6) is 0 Å². The van der Waals surface area contributed by atoms with Gasteiger partial charge in [-0.2, -0.15) is 0 Å². The SMILES string of the molecule is CC(C)(C)OC(=O)N1C2C=C(c3cccc4cnccc34)CC1CC2. The van der Waals surface area contributed by atoms with E-state index in [0.29, 0.717) is 0 Å². The number of carbonyl (C=O) groups is 1. The first-order valence-corrected chi connectivity index (χ1v) is 8.97. The van der Waals surface area contributed by atoms with Gasteiger partial charge in [-0.3, -0.25) is 9.88 Å². The monoisotopic (exact) mass is 336 g/mol. The molecule has 2 unspecified atom stereocenters. The molecule has 0 aliphatic carbocycles. The fourth-order valence-electron chi connectivity index (χ4n) is 4.03. The molecule has 0 radical (unpaired) electrons. The highest BCUT2D eigenvalue weighted by molar-refractivity contribution is 5.94. The lowest BCUT2D eigenvalue weighted by Crippen LogP contribution is -2.45. The molecule has 4 rings (SSSR count). The highest BCUT2D eigenvalue weighted by atomic mass is 16.6. The number of fused-ring (bicyclic) bond motifs is 3. The standard InChI is InChI=1S/C21H24N2O2/c1-21(2,3)25-20(24)23-16-7-8-17(23)12-15(11-16)18-6-4-5-14-13-22-10-9-19(14)18/h4-6,9-11,13,16-17H,7-8,12H2,1-3H3. The molecule has 1 aromatic carbocycles. The van der Waals surface area contributed by atoms with Gasteiger partial charge in [-0.05, 0) is 62.6 Å². The van der Waals surface area contributed by atoms with Gasteiger partial charge in [0.2, 0.25) is 0 Å². The van der Waals surface area contributed by atoms with Gasteiger partial charge < -0.3 is 4.74 Å². The molecule has 0 spiro atoms. The van der Waals surface area contributed by atoms with Crippen LogP contribution in [0.15, 0.2) is 42.7 Å². The van der Waals surface area contributed by atoms with Crippen LogP contribution in [0, 0.1) is 0 Å². The number of hydrogen-bond donors (Lipinski definition) is 0. The summed E-state index contributed by atoms with van der Waals surface area (Å²) in [5, 5.41) is 2.39. The molecule has 2 bridgehead atoms. The minimum Gasteiger partial charge on any atom is -0.444 e. The van der Waals surface area contributed by atoms with E-state index in [1.165, 1.54) is 16.5 Å². The Bertz CT molecular complexity index is 845. The summed E-state index contributed by atoms with van der Waals surface area (Å²) >= 11 is 0. The molecule has 4 heteroatoms. The molecule has 130 valence electrons. The number of carbonyl (C=O) groups excluding carboxylic acids is 1. The number of amides is 1. The largest absolute Gasteiger partial charge is 0.444 e. The summed E-state index contributed by atoms with van der Waals surface area (Å²) in [7, 11) is 0. The summed E-state index contributed by atoms with van der Waals surface area (Å²) in [5.41, 5.74) is 2.15. The number of hydrogen-bond acceptors (Lipinski definition) is 3. The molecule has 4 nitrogen and oxygen atoms in total. The van der Waals surface area contributed by atoms with Crippen molar-refractivity contribution in [1.82, 2.24) is 9.88 Å². The van der Waals surface area contributed by atoms with Crippen LogP contribution in [-0.2, 0) is 4.74 Å². The van der Waals surface area contributed by atoms with Gasteiger partial charge >= 0.3 is 6.09 Å². The first-order chi connectivity index (χ1) is 11.9. The minimum atomic E-state index is -0.455. The maximum atomic E-state index is 12.6. The highest BCUT2D eigenvalue weighted by Crippen LogP contribution is 2.40. The molecule has 1 fully saturated rings. The first kappa shape index (κ1) is 16.1. The maximum absolute atomic E-state index is 12.6. The summed E-state index contributed by atoms with van der Waals surface area (Å²) in [4.78, 5) is 18.8. The lowest BCUT2D eigenvalue weighted by molar-refractivity contribution is 0.0175. The van der Waals surface area contributed by atoms with Crippen LogP contribution in [0.4, 0.5) is 4.79 Å². The van der Waals surface area contributed by atoms with E-state index in [9.17, 15) is 4.79 Å². The van der Waals surface area contributed by atoms with Crippen LogP contribution in [0.25, 0.3) is 16.3 Å². The molecule has 25 heavy (non-hydrogen) atoms. The van der Waals surface area contributed by atoms with E-state index in [4.69, 9.17) is 4.74 Å². The molecule has 3 heterocycles. The van der Waals surface area contributed by atoms with Crippen LogP contribution in [0.1, 0.15) is 45.6 Å². The van der Waals surface area contributed by atoms with Crippen LogP contribution >= 0.6 is 0 Å². The topological polar surface area (TPSA) is 42.4 Å². The molecule has 1 aromatic heterocycles. The second-order valence-electron chi connectivity index (χ2n) is 7.98. The second-order valence-corrected chi connectivity index (χ2v) is 7.98. The van der Waals surface area contributed by atoms with Crippen molar-refractivity contribution in [1.29, 1.82) is 0 Å². The molecule has 2 aliphatic rings. The van der Waals surface area contributed by atoms with Crippen LogP contribution in [0.2, 0.25) is 0 Å². The fraction of sp³-hybridized carbons (Fsp3) is 0.429. The molecule has 0 N–H and O–H groups in total. The maximum Gasteiger partial charge on any atom is 0.411 e. The van der Waals surface area contributed by atoms with Gasteiger partial charge in [0.05, 0.1) is 6.04 Å². The summed E-state index contributed by atoms with van der Waals surface area (Å²) in [6.45, 7) is 5.76. The van der Waals surface area contributed by atoms with Crippen molar-refractivity contribution >= 4 is 22.4 Å². The molecule has 1 amide bonds. The van der Waals surface area contributed by atoms with Gasteiger partial charge in [0.25, 0.3) is 0 Å². The third-order valence-corrected chi connectivity index (χ3v) is 5.03. The number of ether oxygens (including phenoxy) is 1. The first-order valence-electron chi connectivity index (χ1n) is 8.97. The molecular weight excluding hydrogens is 312 g/mol. The van der Waals surface area contributed by atoms with Gasteiger partial charge in [0.1, 0.15) is 5.60 Å². The van der Waals surface area contributed by atoms with Gasteiger partial charge in [-0.1, -0.05) is 24.3 Å². The van der Waals surface area contributed by atoms with Crippen molar-refractivity contribution in [2.75, 3.05) is 0 Å². The molecule has 2 aromatic rings. The van der Waals surface area contributed by atoms with E-state index in [1.807, 2.05) is 38.1 Å². The Kier molecular flexibility index (Phi) is 3.78. The van der Waals surface area contributed by atoms with Crippen molar-refractivity contribution in [2.45, 2.75) is 57.7 Å². The Hall–Kier alpha value is -2.36. The van der Waals surface area contributed by atoms with Crippen molar-refractivity contribution in [3.05, 3.63) is 48.3 Å². The molecular formula is C21H24N2O2. The Morgan fingerprint density at radius 2 is 2.08 bits per heavy atom. The number of benzene rings is 1. The average molecular weight is 336 g/mol. The number of pyridine rings is 1. The van der Waals surface area contributed by atoms with Crippen molar-refractivity contribution in [2.24, 2.45) is 0 Å². The smallest absolute Gasteiger partial charge is 0.411 e. The number of aromatic nitrogens is 1. The summed E-state index contributed by atoms with van der Waals surface area (Å²) in [6, 6.07) is 8.81. The number of nitrogens with zero attached hydrogens (tertiary/aromatic N) is 2. The van der Waals surface area contributed by atoms with Crippen LogP contribution in [0.3, 0.4) is 0 Å². The fourth-order valence-corrected chi connectivity index (χ4v) is 4.03. The predicted molar refractivity (Wildman–Crippen MR) is 99.2 cm³/mol. The zero-order valence-electron chi connectivity index (χ0n) is 15.0. The Morgan fingerprint density at radius 1 is 1.24 bits per heavy atom. The third kappa shape index (κ3) is 3.01. The van der Waals surface area contributed by atoms with Gasteiger partial charge in [-0.25, -0.2) is 4.79 Å². The van der Waals surface area contributed by atoms with E-state index in [0.717, 1.165) is 24.6 Å². The van der Waals surface area contributed by atoms with E-state index < -0.39 is 5.60 Å². The lowest BCUT2D eigenvalue weighted by atomic mass is 9.92. The van der Waals surface area contributed by atoms with E-state index in [1.54, 1.807) is 0 Å². The summed E-state index contributed by atoms with van der Waals surface area (Å²) in [5.74, 6) is 0. The third-order valence-electron chi connectivity index (χ3n) is 5.03. The molecule has 2 atom stereocenters. The average Bonchev–Trinajstić information content (AvgIpc) is 2.83. The van der Waals surface area contributed by atoms with Gasteiger partial charge in [0.15, 0.2) is 0 Å². The van der Waals surface area contributed by atoms with E-state index >= 15 is 0 Å². The molecule has 2 aliphatic heterocycles. The lowest BCUT2D eigenvalue weighted by Gasteiger charge is -2.35. The zero-order chi connectivity index (χ0) is 17.6. The number of rotatable bonds is 1. The quantitative estimate of drug-likeness (QED) is 0.752. The zero-order valence-corrected chi connectivity index (χ0v) is 15.0. The summed E-state index contributed by atoms with van der Waals surface area (Å²) in [6.07, 6.45) is 8.77. The predicted octanol–water partition coefficient (Wildman–Crippen LogP) is 4.79. The molecule has 0 saturated carbocycles. The normalized spacial score (nSPS) is 22.8. The minimum absolute atomic E-state index is 0.140.